The lowest BCUT2D eigenvalue weighted by molar-refractivity contribution is -0.119. The number of carbonyl (C=O) groups is 1. The Labute approximate surface area is 176 Å². The van der Waals surface area contributed by atoms with Gasteiger partial charge in [0, 0.05) is 31.8 Å². The van der Waals surface area contributed by atoms with E-state index in [-0.39, 0.29) is 39.8 Å². The van der Waals surface area contributed by atoms with Crippen molar-refractivity contribution in [2.75, 3.05) is 28.3 Å². The number of hydrogen-bond acceptors (Lipinski definition) is 8. The molecular formula is C22H28N4O4. The number of methoxy groups -OCH3 is 2. The van der Waals surface area contributed by atoms with Gasteiger partial charge >= 0.3 is 0 Å². The molecule has 8 nitrogen and oxygen atoms in total. The number of hydrogen-bond donors (Lipinski definition) is 2. The Morgan fingerprint density at radius 3 is 2.27 bits per heavy atom. The van der Waals surface area contributed by atoms with Crippen LogP contribution in [0.5, 0.6) is 17.2 Å². The second-order valence-electron chi connectivity index (χ2n) is 8.58. The molecule has 3 rings (SSSR count). The smallest absolute Gasteiger partial charge is 0.200 e. The fraction of sp³-hybridized carbons (Fsp3) is 0.455. The summed E-state index contributed by atoms with van der Waals surface area (Å²) in [5.74, 6) is -0.169. The molecule has 0 amide bonds. The number of allylic oxidation sites excluding steroid dienone is 3. The number of carbonyl (C=O) groups excluding carboxylic acids is 1. The van der Waals surface area contributed by atoms with Crippen molar-refractivity contribution in [2.45, 2.75) is 32.6 Å². The van der Waals surface area contributed by atoms with Crippen LogP contribution in [0.25, 0.3) is 0 Å². The van der Waals surface area contributed by atoms with Crippen LogP contribution in [0.15, 0.2) is 34.8 Å². The van der Waals surface area contributed by atoms with Crippen LogP contribution in [-0.4, -0.2) is 49.2 Å². The summed E-state index contributed by atoms with van der Waals surface area (Å²) in [4.78, 5) is 13.4. The Hall–Kier alpha value is -3.18. The molecule has 2 aliphatic rings. The van der Waals surface area contributed by atoms with E-state index in [0.717, 1.165) is 5.70 Å². The van der Waals surface area contributed by atoms with Crippen molar-refractivity contribution in [3.05, 3.63) is 40.4 Å². The van der Waals surface area contributed by atoms with E-state index in [1.807, 2.05) is 27.9 Å². The zero-order chi connectivity index (χ0) is 22.4. The maximum absolute atomic E-state index is 13.4. The summed E-state index contributed by atoms with van der Waals surface area (Å²) in [6.45, 7) is 4.09. The summed E-state index contributed by atoms with van der Waals surface area (Å²) < 4.78 is 10.6. The molecule has 0 aromatic heterocycles. The molecule has 0 spiro atoms. The lowest BCUT2D eigenvalue weighted by Crippen LogP contribution is -2.47. The molecule has 0 bridgehead atoms. The van der Waals surface area contributed by atoms with Gasteiger partial charge < -0.3 is 20.3 Å². The van der Waals surface area contributed by atoms with E-state index >= 15 is 0 Å². The van der Waals surface area contributed by atoms with Crippen LogP contribution in [-0.2, 0) is 4.79 Å². The van der Waals surface area contributed by atoms with Gasteiger partial charge in [-0.1, -0.05) is 13.8 Å². The van der Waals surface area contributed by atoms with Gasteiger partial charge in [-0.05, 0) is 29.5 Å². The maximum atomic E-state index is 13.4. The Kier molecular flexibility index (Phi) is 5.44. The highest BCUT2D eigenvalue weighted by atomic mass is 16.5. The first-order chi connectivity index (χ1) is 14.1. The van der Waals surface area contributed by atoms with Crippen molar-refractivity contribution >= 4 is 5.78 Å². The van der Waals surface area contributed by atoms with Gasteiger partial charge in [-0.3, -0.25) is 9.80 Å². The zero-order valence-electron chi connectivity index (χ0n) is 18.2. The molecule has 1 aliphatic carbocycles. The highest BCUT2D eigenvalue weighted by Crippen LogP contribution is 2.51. The number of Topliss-reactive ketones (excluding diaryl/α,β-unsaturated/α-hetero) is 1. The average molecular weight is 412 g/mol. The fourth-order valence-electron chi connectivity index (χ4n) is 4.36. The molecule has 1 atom stereocenters. The highest BCUT2D eigenvalue weighted by molar-refractivity contribution is 6.00. The maximum Gasteiger partial charge on any atom is 0.200 e. The monoisotopic (exact) mass is 412 g/mol. The minimum atomic E-state index is -0.673. The standard InChI is InChI=1S/C22H28N4O4/c1-22(2)9-14-19(15(27)10-22)18(13(11-23)21(24)26(14)25(3)4)12-7-16(29-5)20(28)17(8-12)30-6/h7-8,18,28H,9-10,24H2,1-6H3. The first-order valence-electron chi connectivity index (χ1n) is 9.64. The normalized spacial score (nSPS) is 20.9. The quantitative estimate of drug-likeness (QED) is 0.776. The second kappa shape index (κ2) is 7.58. The summed E-state index contributed by atoms with van der Waals surface area (Å²) in [6, 6.07) is 5.45. The van der Waals surface area contributed by atoms with E-state index in [0.29, 0.717) is 24.0 Å². The van der Waals surface area contributed by atoms with E-state index in [1.54, 1.807) is 22.2 Å². The number of aromatic hydroxyl groups is 1. The minimum absolute atomic E-state index is 0.0237. The summed E-state index contributed by atoms with van der Waals surface area (Å²) in [7, 11) is 6.51. The van der Waals surface area contributed by atoms with Crippen LogP contribution in [0.2, 0.25) is 0 Å². The Morgan fingerprint density at radius 1 is 1.23 bits per heavy atom. The minimum Gasteiger partial charge on any atom is -0.502 e. The van der Waals surface area contributed by atoms with E-state index in [1.165, 1.54) is 14.2 Å². The van der Waals surface area contributed by atoms with Crippen molar-refractivity contribution in [3.63, 3.8) is 0 Å². The van der Waals surface area contributed by atoms with Gasteiger partial charge in [0.05, 0.1) is 31.8 Å². The van der Waals surface area contributed by atoms with Crippen LogP contribution >= 0.6 is 0 Å². The Balaban J connectivity index is 2.34. The molecule has 1 aliphatic heterocycles. The second-order valence-corrected chi connectivity index (χ2v) is 8.58. The van der Waals surface area contributed by atoms with Crippen LogP contribution in [0.3, 0.4) is 0 Å². The molecule has 8 heteroatoms. The topological polar surface area (TPSA) is 112 Å². The molecular weight excluding hydrogens is 384 g/mol. The van der Waals surface area contributed by atoms with Gasteiger partial charge in [0.1, 0.15) is 5.82 Å². The van der Waals surface area contributed by atoms with Gasteiger partial charge in [0.15, 0.2) is 17.3 Å². The van der Waals surface area contributed by atoms with Crippen molar-refractivity contribution in [1.82, 2.24) is 10.0 Å². The first kappa shape index (κ1) is 21.5. The van der Waals surface area contributed by atoms with Crippen LogP contribution in [0.1, 0.15) is 38.2 Å². The third kappa shape index (κ3) is 3.35. The van der Waals surface area contributed by atoms with Crippen molar-refractivity contribution < 1.29 is 19.4 Å². The van der Waals surface area contributed by atoms with Gasteiger partial charge in [0.2, 0.25) is 5.75 Å². The number of nitrogens with two attached hydrogens (primary N) is 1. The number of phenols is 1. The summed E-state index contributed by atoms with van der Waals surface area (Å²) in [6.07, 6.45) is 1.00. The zero-order valence-corrected chi connectivity index (χ0v) is 18.2. The highest BCUT2D eigenvalue weighted by Gasteiger charge is 2.45. The van der Waals surface area contributed by atoms with E-state index in [2.05, 4.69) is 6.07 Å². The van der Waals surface area contributed by atoms with Crippen LogP contribution in [0.4, 0.5) is 0 Å². The lowest BCUT2D eigenvalue weighted by atomic mass is 9.69. The molecule has 1 aromatic carbocycles. The number of hydrazine groups is 1. The molecule has 1 heterocycles. The first-order valence-corrected chi connectivity index (χ1v) is 9.64. The number of benzene rings is 1. The van der Waals surface area contributed by atoms with E-state index in [4.69, 9.17) is 15.2 Å². The van der Waals surface area contributed by atoms with Crippen LogP contribution < -0.4 is 15.2 Å². The lowest BCUT2D eigenvalue weighted by Gasteiger charge is -2.45. The van der Waals surface area contributed by atoms with Crippen molar-refractivity contribution in [2.24, 2.45) is 11.1 Å². The van der Waals surface area contributed by atoms with Crippen LogP contribution in [0, 0.1) is 16.7 Å². The van der Waals surface area contributed by atoms with Gasteiger partial charge in [-0.2, -0.15) is 5.26 Å². The molecule has 30 heavy (non-hydrogen) atoms. The largest absolute Gasteiger partial charge is 0.502 e. The summed E-state index contributed by atoms with van der Waals surface area (Å²) in [5, 5.41) is 23.8. The summed E-state index contributed by atoms with van der Waals surface area (Å²) >= 11 is 0. The van der Waals surface area contributed by atoms with Gasteiger partial charge in [0.25, 0.3) is 0 Å². The number of ether oxygens (including phenoxy) is 2. The van der Waals surface area contributed by atoms with Gasteiger partial charge in [-0.15, -0.1) is 0 Å². The Bertz CT molecular complexity index is 976. The third-order valence-corrected chi connectivity index (χ3v) is 5.59. The van der Waals surface area contributed by atoms with Gasteiger partial charge in [-0.25, -0.2) is 5.01 Å². The molecule has 0 saturated carbocycles. The van der Waals surface area contributed by atoms with Crippen molar-refractivity contribution in [3.8, 4) is 23.3 Å². The SMILES string of the molecule is COc1cc(C2C(C#N)=C(N)N(N(C)C)C3=C2C(=O)CC(C)(C)C3)cc(OC)c1O. The van der Waals surface area contributed by atoms with Crippen molar-refractivity contribution in [1.29, 1.82) is 5.26 Å². The number of rotatable bonds is 4. The molecule has 1 aromatic rings. The fourth-order valence-corrected chi connectivity index (χ4v) is 4.36. The number of ketones is 1. The predicted molar refractivity (Wildman–Crippen MR) is 111 cm³/mol. The molecule has 160 valence electrons. The molecule has 0 fully saturated rings. The average Bonchev–Trinajstić information content (AvgIpc) is 2.66. The molecule has 0 radical (unpaired) electrons. The Morgan fingerprint density at radius 2 is 1.80 bits per heavy atom. The number of nitrogens with zero attached hydrogens (tertiary/aromatic N) is 3. The molecule has 1 unspecified atom stereocenters. The third-order valence-electron chi connectivity index (χ3n) is 5.59. The van der Waals surface area contributed by atoms with E-state index < -0.39 is 5.92 Å². The van der Waals surface area contributed by atoms with E-state index in [9.17, 15) is 15.2 Å². The molecule has 0 saturated heterocycles. The number of nitriles is 1. The number of phenolic OH excluding ortho intramolecular Hbond substituents is 1. The predicted octanol–water partition coefficient (Wildman–Crippen LogP) is 2.62. The molecule has 3 N–H and O–H groups in total. The summed E-state index contributed by atoms with van der Waals surface area (Å²) in [5.41, 5.74) is 8.42.